The molecule has 4 rings (SSSR count). The highest BCUT2D eigenvalue weighted by atomic mass is 35.5. The summed E-state index contributed by atoms with van der Waals surface area (Å²) in [5, 5.41) is 1.19. The van der Waals surface area contributed by atoms with Gasteiger partial charge in [0.05, 0.1) is 23.0 Å². The minimum atomic E-state index is -0.223. The van der Waals surface area contributed by atoms with Crippen molar-refractivity contribution in [1.29, 1.82) is 0 Å². The van der Waals surface area contributed by atoms with Crippen molar-refractivity contribution in [1.82, 2.24) is 4.98 Å². The van der Waals surface area contributed by atoms with E-state index in [9.17, 15) is 9.59 Å². The van der Waals surface area contributed by atoms with E-state index in [4.69, 9.17) is 16.0 Å². The first-order valence-corrected chi connectivity index (χ1v) is 10.1. The quantitative estimate of drug-likeness (QED) is 0.374. The molecule has 4 aromatic rings. The van der Waals surface area contributed by atoms with Crippen LogP contribution in [0.5, 0.6) is 0 Å². The number of aryl methyl sites for hydroxylation is 1. The van der Waals surface area contributed by atoms with Gasteiger partial charge in [-0.25, -0.2) is 4.98 Å². The van der Waals surface area contributed by atoms with Crippen molar-refractivity contribution in [2.75, 3.05) is 4.90 Å². The summed E-state index contributed by atoms with van der Waals surface area (Å²) < 4.78 is 6.41. The Morgan fingerprint density at radius 3 is 2.48 bits per heavy atom. The zero-order valence-electron chi connectivity index (χ0n) is 15.8. The van der Waals surface area contributed by atoms with Crippen molar-refractivity contribution < 1.29 is 14.0 Å². The van der Waals surface area contributed by atoms with Crippen LogP contribution in [0.25, 0.3) is 10.2 Å². The van der Waals surface area contributed by atoms with E-state index in [0.717, 1.165) is 15.8 Å². The molecule has 2 heterocycles. The summed E-state index contributed by atoms with van der Waals surface area (Å²) in [7, 11) is 0. The second-order valence-corrected chi connectivity index (χ2v) is 8.04. The van der Waals surface area contributed by atoms with Crippen LogP contribution in [0, 0.1) is 6.92 Å². The molecule has 146 valence electrons. The Hall–Kier alpha value is -2.96. The number of fused-ring (bicyclic) bond motifs is 1. The molecule has 0 aliphatic heterocycles. The molecule has 2 aromatic heterocycles. The summed E-state index contributed by atoms with van der Waals surface area (Å²) in [5.74, 6) is 0.377. The number of aromatic nitrogens is 1. The van der Waals surface area contributed by atoms with E-state index in [1.807, 2.05) is 25.1 Å². The first-order chi connectivity index (χ1) is 13.9. The van der Waals surface area contributed by atoms with E-state index in [-0.39, 0.29) is 18.2 Å². The van der Waals surface area contributed by atoms with E-state index in [2.05, 4.69) is 4.98 Å². The van der Waals surface area contributed by atoms with Crippen molar-refractivity contribution >= 4 is 50.0 Å². The van der Waals surface area contributed by atoms with Gasteiger partial charge in [-0.15, -0.1) is 0 Å². The lowest BCUT2D eigenvalue weighted by Gasteiger charge is -2.19. The highest BCUT2D eigenvalue weighted by Crippen LogP contribution is 2.34. The molecular formula is C22H17ClN2O3S. The maximum Gasteiger partial charge on any atom is 0.260 e. The largest absolute Gasteiger partial charge is 0.467 e. The van der Waals surface area contributed by atoms with Gasteiger partial charge in [0.15, 0.2) is 10.9 Å². The van der Waals surface area contributed by atoms with Crippen LogP contribution < -0.4 is 4.90 Å². The number of halogens is 1. The lowest BCUT2D eigenvalue weighted by Crippen LogP contribution is -2.30. The molecule has 0 aliphatic carbocycles. The number of benzene rings is 2. The minimum absolute atomic E-state index is 0.0463. The molecule has 0 bridgehead atoms. The third-order valence-corrected chi connectivity index (χ3v) is 6.10. The Morgan fingerprint density at radius 2 is 1.83 bits per heavy atom. The van der Waals surface area contributed by atoms with Gasteiger partial charge in [-0.3, -0.25) is 14.5 Å². The van der Waals surface area contributed by atoms with E-state index < -0.39 is 0 Å². The number of hydrogen-bond donors (Lipinski definition) is 0. The fourth-order valence-corrected chi connectivity index (χ4v) is 4.17. The highest BCUT2D eigenvalue weighted by Gasteiger charge is 2.23. The summed E-state index contributed by atoms with van der Waals surface area (Å²) in [4.78, 5) is 31.1. The summed E-state index contributed by atoms with van der Waals surface area (Å²) in [6.45, 7) is 3.65. The smallest absolute Gasteiger partial charge is 0.260 e. The molecule has 0 unspecified atom stereocenters. The Bertz CT molecular complexity index is 1200. The van der Waals surface area contributed by atoms with Crippen LogP contribution in [0.15, 0.2) is 59.2 Å². The molecule has 0 atom stereocenters. The molecule has 0 N–H and O–H groups in total. The van der Waals surface area contributed by atoms with Crippen LogP contribution in [0.4, 0.5) is 5.13 Å². The van der Waals surface area contributed by atoms with Crippen LogP contribution in [-0.4, -0.2) is 16.7 Å². The van der Waals surface area contributed by atoms with E-state index in [0.29, 0.717) is 27.0 Å². The number of Topliss-reactive ketones (excluding diaryl/α,β-unsaturated/α-hetero) is 1. The second kappa shape index (κ2) is 7.81. The Kier molecular flexibility index (Phi) is 5.22. The molecule has 7 heteroatoms. The topological polar surface area (TPSA) is 63.4 Å². The average Bonchev–Trinajstić information content (AvgIpc) is 3.38. The predicted molar refractivity (Wildman–Crippen MR) is 115 cm³/mol. The number of carbonyl (C=O) groups is 2. The van der Waals surface area contributed by atoms with E-state index in [1.54, 1.807) is 41.5 Å². The number of furan rings is 1. The van der Waals surface area contributed by atoms with Crippen LogP contribution in [-0.2, 0) is 6.54 Å². The summed E-state index contributed by atoms with van der Waals surface area (Å²) >= 11 is 7.65. The van der Waals surface area contributed by atoms with Gasteiger partial charge in [-0.2, -0.15) is 0 Å². The van der Waals surface area contributed by atoms with Crippen LogP contribution in [0.1, 0.15) is 39.0 Å². The number of hydrogen-bond acceptors (Lipinski definition) is 5. The monoisotopic (exact) mass is 424 g/mol. The minimum Gasteiger partial charge on any atom is -0.467 e. The third-order valence-electron chi connectivity index (χ3n) is 4.65. The van der Waals surface area contributed by atoms with Crippen molar-refractivity contribution in [2.24, 2.45) is 0 Å². The highest BCUT2D eigenvalue weighted by molar-refractivity contribution is 7.22. The second-order valence-electron chi connectivity index (χ2n) is 6.62. The van der Waals surface area contributed by atoms with Gasteiger partial charge in [0.2, 0.25) is 0 Å². The number of nitrogens with zero attached hydrogens (tertiary/aromatic N) is 2. The third kappa shape index (κ3) is 3.81. The number of ketones is 1. The van der Waals surface area contributed by atoms with Gasteiger partial charge in [0, 0.05) is 16.1 Å². The van der Waals surface area contributed by atoms with Crippen LogP contribution in [0.2, 0.25) is 5.02 Å². The zero-order valence-corrected chi connectivity index (χ0v) is 17.4. The number of rotatable bonds is 5. The van der Waals surface area contributed by atoms with Gasteiger partial charge in [0.25, 0.3) is 5.91 Å². The molecule has 0 saturated carbocycles. The maximum absolute atomic E-state index is 13.3. The van der Waals surface area contributed by atoms with Crippen molar-refractivity contribution in [2.45, 2.75) is 20.4 Å². The fraction of sp³-hybridized carbons (Fsp3) is 0.136. The molecule has 0 radical (unpaired) electrons. The molecule has 2 aromatic carbocycles. The summed E-state index contributed by atoms with van der Waals surface area (Å²) in [6, 6.07) is 14.0. The molecule has 0 fully saturated rings. The van der Waals surface area contributed by atoms with Gasteiger partial charge >= 0.3 is 0 Å². The summed E-state index contributed by atoms with van der Waals surface area (Å²) in [5.41, 5.74) is 2.68. The Morgan fingerprint density at radius 1 is 1.10 bits per heavy atom. The van der Waals surface area contributed by atoms with Crippen LogP contribution in [0.3, 0.4) is 0 Å². The standard InChI is InChI=1S/C22H17ClN2O3S/c1-13-18(23)9-10-19-20(13)24-22(29-19)25(12-17-4-3-11-28-17)21(27)16-7-5-15(6-8-16)14(2)26/h3-11H,12H2,1-2H3. The molecule has 1 amide bonds. The molecular weight excluding hydrogens is 408 g/mol. The van der Waals surface area contributed by atoms with Crippen molar-refractivity contribution in [3.63, 3.8) is 0 Å². The summed E-state index contributed by atoms with van der Waals surface area (Å²) in [6.07, 6.45) is 1.57. The van der Waals surface area contributed by atoms with Gasteiger partial charge in [-0.05, 0) is 55.8 Å². The van der Waals surface area contributed by atoms with Crippen LogP contribution >= 0.6 is 22.9 Å². The normalized spacial score (nSPS) is 11.0. The van der Waals surface area contributed by atoms with Gasteiger partial charge < -0.3 is 4.42 Å². The number of thiazole rings is 1. The zero-order chi connectivity index (χ0) is 20.5. The van der Waals surface area contributed by atoms with Gasteiger partial charge in [0.1, 0.15) is 5.76 Å². The van der Waals surface area contributed by atoms with E-state index >= 15 is 0 Å². The Balaban J connectivity index is 1.76. The van der Waals surface area contributed by atoms with Crippen molar-refractivity contribution in [3.8, 4) is 0 Å². The predicted octanol–water partition coefficient (Wildman–Crippen LogP) is 5.90. The fourth-order valence-electron chi connectivity index (χ4n) is 2.99. The molecule has 0 saturated heterocycles. The number of carbonyl (C=O) groups excluding carboxylic acids is 2. The van der Waals surface area contributed by atoms with E-state index in [1.165, 1.54) is 18.3 Å². The molecule has 0 aliphatic rings. The molecule has 5 nitrogen and oxygen atoms in total. The number of anilines is 1. The first-order valence-electron chi connectivity index (χ1n) is 8.95. The first kappa shape index (κ1) is 19.4. The molecule has 29 heavy (non-hydrogen) atoms. The Labute approximate surface area is 176 Å². The molecule has 0 spiro atoms. The van der Waals surface area contributed by atoms with Crippen molar-refractivity contribution in [3.05, 3.63) is 82.3 Å². The lowest BCUT2D eigenvalue weighted by atomic mass is 10.1. The average molecular weight is 425 g/mol. The SMILES string of the molecule is CC(=O)c1ccc(C(=O)N(Cc2ccco2)c2nc3c(C)c(Cl)ccc3s2)cc1. The van der Waals surface area contributed by atoms with Gasteiger partial charge in [-0.1, -0.05) is 35.1 Å². The lowest BCUT2D eigenvalue weighted by molar-refractivity contribution is 0.0979. The number of amides is 1. The maximum atomic E-state index is 13.3.